The Morgan fingerprint density at radius 2 is 1.81 bits per heavy atom. The molecule has 0 radical (unpaired) electrons. The average molecular weight is 466 g/mol. The lowest BCUT2D eigenvalue weighted by Crippen LogP contribution is -2.10. The maximum absolute atomic E-state index is 13.1. The Labute approximate surface area is 174 Å². The van der Waals surface area contributed by atoms with Gasteiger partial charge in [0.1, 0.15) is 5.69 Å². The van der Waals surface area contributed by atoms with Crippen LogP contribution in [0, 0.1) is 17.0 Å². The summed E-state index contributed by atoms with van der Waals surface area (Å²) in [4.78, 5) is 17.2. The molecule has 31 heavy (non-hydrogen) atoms. The zero-order valence-electron chi connectivity index (χ0n) is 15.3. The van der Waals surface area contributed by atoms with Crippen LogP contribution in [0.4, 0.5) is 32.0 Å². The molecule has 14 heteroatoms. The van der Waals surface area contributed by atoms with Gasteiger partial charge in [-0.25, -0.2) is 9.67 Å². The second kappa shape index (κ2) is 7.80. The van der Waals surface area contributed by atoms with Crippen molar-refractivity contribution in [3.05, 3.63) is 68.1 Å². The van der Waals surface area contributed by atoms with Gasteiger partial charge >= 0.3 is 12.4 Å². The van der Waals surface area contributed by atoms with E-state index in [1.807, 2.05) is 0 Å². The zero-order valence-corrected chi connectivity index (χ0v) is 16.0. The molecule has 2 heterocycles. The number of hydrogen-bond acceptors (Lipinski definition) is 5. The van der Waals surface area contributed by atoms with Gasteiger partial charge in [-0.05, 0) is 24.6 Å². The van der Waals surface area contributed by atoms with Crippen molar-refractivity contribution < 1.29 is 31.3 Å². The van der Waals surface area contributed by atoms with E-state index in [-0.39, 0.29) is 17.8 Å². The molecule has 0 spiro atoms. The number of pyridine rings is 1. The van der Waals surface area contributed by atoms with E-state index in [2.05, 4.69) is 15.1 Å². The van der Waals surface area contributed by atoms with E-state index in [1.165, 1.54) is 25.1 Å². The summed E-state index contributed by atoms with van der Waals surface area (Å²) in [7, 11) is 0. The Kier molecular flexibility index (Phi) is 5.65. The van der Waals surface area contributed by atoms with Crippen molar-refractivity contribution in [2.24, 2.45) is 0 Å². The SMILES string of the molecule is Cc1cc(Cn2nc(C(F)(F)F)nc2-c2ncc(C(F)(F)F)cc2Cl)ccc1[N+](=O)[O-]. The van der Waals surface area contributed by atoms with E-state index in [0.29, 0.717) is 17.8 Å². The standard InChI is InChI=1S/C17H10ClF6N5O2/c1-8-4-9(2-3-12(8)29(30)31)7-28-14(26-15(27-28)17(22,23)24)13-11(18)5-10(6-25-13)16(19,20)21/h2-6H,7H2,1H3. The van der Waals surface area contributed by atoms with Crippen LogP contribution in [0.15, 0.2) is 30.5 Å². The largest absolute Gasteiger partial charge is 0.453 e. The lowest BCUT2D eigenvalue weighted by Gasteiger charge is -2.10. The van der Waals surface area contributed by atoms with Crippen LogP contribution in [0.25, 0.3) is 11.5 Å². The van der Waals surface area contributed by atoms with Gasteiger partial charge in [-0.3, -0.25) is 15.1 Å². The minimum absolute atomic E-state index is 0.189. The fourth-order valence-electron chi connectivity index (χ4n) is 2.70. The highest BCUT2D eigenvalue weighted by Crippen LogP contribution is 2.35. The molecule has 0 aliphatic heterocycles. The Bertz CT molecular complexity index is 1160. The molecule has 0 amide bonds. The number of nitro benzene ring substituents is 1. The number of nitrogens with zero attached hydrogens (tertiary/aromatic N) is 5. The van der Waals surface area contributed by atoms with E-state index < -0.39 is 45.2 Å². The predicted octanol–water partition coefficient (Wildman–Crippen LogP) is 5.30. The number of aryl methyl sites for hydroxylation is 1. The Morgan fingerprint density at radius 3 is 2.32 bits per heavy atom. The Balaban J connectivity index is 2.09. The van der Waals surface area contributed by atoms with Gasteiger partial charge in [0, 0.05) is 17.8 Å². The first kappa shape index (κ1) is 22.5. The monoisotopic (exact) mass is 465 g/mol. The van der Waals surface area contributed by atoms with E-state index in [1.54, 1.807) is 0 Å². The van der Waals surface area contributed by atoms with Crippen LogP contribution in [0.5, 0.6) is 0 Å². The summed E-state index contributed by atoms with van der Waals surface area (Å²) in [5, 5.41) is 13.7. The van der Waals surface area contributed by atoms with Crippen molar-refractivity contribution in [1.29, 1.82) is 0 Å². The number of aromatic nitrogens is 4. The van der Waals surface area contributed by atoms with Crippen LogP contribution >= 0.6 is 11.6 Å². The lowest BCUT2D eigenvalue weighted by atomic mass is 10.1. The van der Waals surface area contributed by atoms with Crippen molar-refractivity contribution >= 4 is 17.3 Å². The van der Waals surface area contributed by atoms with Crippen LogP contribution < -0.4 is 0 Å². The van der Waals surface area contributed by atoms with Crippen molar-refractivity contribution in [3.8, 4) is 11.5 Å². The van der Waals surface area contributed by atoms with Gasteiger partial charge < -0.3 is 0 Å². The van der Waals surface area contributed by atoms with Gasteiger partial charge in [-0.1, -0.05) is 17.7 Å². The number of benzene rings is 1. The van der Waals surface area contributed by atoms with Crippen molar-refractivity contribution in [3.63, 3.8) is 0 Å². The third kappa shape index (κ3) is 4.76. The van der Waals surface area contributed by atoms with Crippen LogP contribution in [0.3, 0.4) is 0 Å². The maximum Gasteiger partial charge on any atom is 0.453 e. The first-order valence-electron chi connectivity index (χ1n) is 8.26. The van der Waals surface area contributed by atoms with Crippen LogP contribution in [-0.4, -0.2) is 24.7 Å². The van der Waals surface area contributed by atoms with Crippen LogP contribution in [0.2, 0.25) is 5.02 Å². The number of halogens is 7. The summed E-state index contributed by atoms with van der Waals surface area (Å²) in [5.74, 6) is -2.05. The number of alkyl halides is 6. The molecule has 3 aromatic rings. The molecule has 1 aromatic carbocycles. The molecule has 0 bridgehead atoms. The smallest absolute Gasteiger partial charge is 0.258 e. The fourth-order valence-corrected chi connectivity index (χ4v) is 2.95. The second-order valence-corrected chi connectivity index (χ2v) is 6.75. The highest BCUT2D eigenvalue weighted by atomic mass is 35.5. The van der Waals surface area contributed by atoms with E-state index in [0.717, 1.165) is 4.68 Å². The summed E-state index contributed by atoms with van der Waals surface area (Å²) in [6, 6.07) is 4.38. The molecule has 0 saturated carbocycles. The van der Waals surface area contributed by atoms with E-state index in [9.17, 15) is 36.5 Å². The minimum Gasteiger partial charge on any atom is -0.258 e. The van der Waals surface area contributed by atoms with Gasteiger partial charge in [-0.15, -0.1) is 5.10 Å². The zero-order chi connectivity index (χ0) is 23.1. The molecular formula is C17H10ClF6N5O2. The number of rotatable bonds is 4. The predicted molar refractivity (Wildman–Crippen MR) is 95.2 cm³/mol. The summed E-state index contributed by atoms with van der Waals surface area (Å²) in [5.41, 5.74) is -1.21. The average Bonchev–Trinajstić information content (AvgIpc) is 3.04. The Morgan fingerprint density at radius 1 is 1.13 bits per heavy atom. The van der Waals surface area contributed by atoms with Crippen LogP contribution in [-0.2, 0) is 18.9 Å². The molecule has 0 fully saturated rings. The van der Waals surface area contributed by atoms with Gasteiger partial charge in [0.25, 0.3) is 11.5 Å². The number of nitro groups is 1. The minimum atomic E-state index is -4.94. The highest BCUT2D eigenvalue weighted by molar-refractivity contribution is 6.32. The lowest BCUT2D eigenvalue weighted by molar-refractivity contribution is -0.385. The fraction of sp³-hybridized carbons (Fsp3) is 0.235. The van der Waals surface area contributed by atoms with E-state index >= 15 is 0 Å². The van der Waals surface area contributed by atoms with Gasteiger partial charge in [0.15, 0.2) is 5.82 Å². The molecule has 0 N–H and O–H groups in total. The quantitative estimate of drug-likeness (QED) is 0.296. The summed E-state index contributed by atoms with van der Waals surface area (Å²) in [6.07, 6.45) is -9.27. The van der Waals surface area contributed by atoms with Crippen molar-refractivity contribution in [2.75, 3.05) is 0 Å². The molecule has 0 aliphatic rings. The molecule has 3 rings (SSSR count). The third-order valence-electron chi connectivity index (χ3n) is 4.10. The van der Waals surface area contributed by atoms with Crippen molar-refractivity contribution in [2.45, 2.75) is 25.8 Å². The third-order valence-corrected chi connectivity index (χ3v) is 4.38. The topological polar surface area (TPSA) is 86.7 Å². The summed E-state index contributed by atoms with van der Waals surface area (Å²) < 4.78 is 78.7. The van der Waals surface area contributed by atoms with E-state index in [4.69, 9.17) is 11.6 Å². The molecule has 164 valence electrons. The van der Waals surface area contributed by atoms with Crippen molar-refractivity contribution in [1.82, 2.24) is 19.7 Å². The van der Waals surface area contributed by atoms with Gasteiger partial charge in [-0.2, -0.15) is 26.3 Å². The number of hydrogen-bond donors (Lipinski definition) is 0. The second-order valence-electron chi connectivity index (χ2n) is 6.34. The normalized spacial score (nSPS) is 12.3. The first-order chi connectivity index (χ1) is 14.3. The first-order valence-corrected chi connectivity index (χ1v) is 8.64. The molecule has 0 atom stereocenters. The van der Waals surface area contributed by atoms with Gasteiger partial charge in [0.2, 0.25) is 0 Å². The molecular weight excluding hydrogens is 456 g/mol. The van der Waals surface area contributed by atoms with Gasteiger partial charge in [0.05, 0.1) is 22.1 Å². The molecule has 0 saturated heterocycles. The summed E-state index contributed by atoms with van der Waals surface area (Å²) >= 11 is 5.85. The Hall–Kier alpha value is -3.22. The molecule has 0 aliphatic carbocycles. The maximum atomic E-state index is 13.1. The summed E-state index contributed by atoms with van der Waals surface area (Å²) in [6.45, 7) is 1.12. The highest BCUT2D eigenvalue weighted by Gasteiger charge is 2.38. The molecule has 7 nitrogen and oxygen atoms in total. The molecule has 0 unspecified atom stereocenters. The van der Waals surface area contributed by atoms with Crippen LogP contribution in [0.1, 0.15) is 22.5 Å². The molecule has 2 aromatic heterocycles.